The minimum Gasteiger partial charge on any atom is -0.267 e. The number of nitrogens with zero attached hydrogens (tertiary/aromatic N) is 1. The molecule has 24 heavy (non-hydrogen) atoms. The topological polar surface area (TPSA) is 32.3 Å². The quantitative estimate of drug-likeness (QED) is 0.348. The van der Waals surface area contributed by atoms with E-state index in [4.69, 9.17) is 11.6 Å². The van der Waals surface area contributed by atoms with Crippen LogP contribution in [0, 0.1) is 5.92 Å². The molecule has 1 aliphatic carbocycles. The van der Waals surface area contributed by atoms with Crippen molar-refractivity contribution in [1.82, 2.24) is 10.4 Å². The van der Waals surface area contributed by atoms with Crippen LogP contribution in [0.15, 0.2) is 34.0 Å². The Hall–Kier alpha value is -0.540. The maximum atomic E-state index is 13.4. The zero-order valence-electron chi connectivity index (χ0n) is 14.2. The van der Waals surface area contributed by atoms with Crippen LogP contribution in [0.5, 0.6) is 0 Å². The standard InChI is InChI=1S/C16H21ClF3IN2O/c1-6-12(15(3,4)21)23(22-5)14(24)13-10(16(18,19)20)7-9(2)8-11(13)17/h6,8-9,22H,7H2,1-5H3/b12-6+. The molecule has 1 N–H and O–H groups in total. The summed E-state index contributed by atoms with van der Waals surface area (Å²) < 4.78 is 39.8. The zero-order chi connectivity index (χ0) is 18.9. The Balaban J connectivity index is 3.48. The number of rotatable bonds is 4. The molecule has 0 aromatic carbocycles. The van der Waals surface area contributed by atoms with Gasteiger partial charge in [0.05, 0.1) is 8.99 Å². The fraction of sp³-hybridized carbons (Fsp3) is 0.562. The summed E-state index contributed by atoms with van der Waals surface area (Å²) in [5.41, 5.74) is 1.86. The van der Waals surface area contributed by atoms with Gasteiger partial charge in [-0.15, -0.1) is 0 Å². The molecule has 1 atom stereocenters. The summed E-state index contributed by atoms with van der Waals surface area (Å²) in [4.78, 5) is 12.9. The first-order chi connectivity index (χ1) is 10.8. The van der Waals surface area contributed by atoms with Gasteiger partial charge < -0.3 is 0 Å². The summed E-state index contributed by atoms with van der Waals surface area (Å²) in [6.07, 6.45) is -1.69. The van der Waals surface area contributed by atoms with Crippen molar-refractivity contribution in [3.8, 4) is 0 Å². The first-order valence-corrected chi connectivity index (χ1v) is 8.85. The Morgan fingerprint density at radius 3 is 2.38 bits per heavy atom. The monoisotopic (exact) mass is 476 g/mol. The van der Waals surface area contributed by atoms with Crippen molar-refractivity contribution >= 4 is 40.1 Å². The van der Waals surface area contributed by atoms with Gasteiger partial charge in [-0.2, -0.15) is 13.2 Å². The third kappa shape index (κ3) is 4.76. The Bertz CT molecular complexity index is 603. The maximum Gasteiger partial charge on any atom is 0.413 e. The van der Waals surface area contributed by atoms with Crippen molar-refractivity contribution in [2.45, 2.75) is 43.7 Å². The molecule has 0 heterocycles. The summed E-state index contributed by atoms with van der Waals surface area (Å²) in [5, 5.41) is 0.966. The lowest BCUT2D eigenvalue weighted by Crippen LogP contribution is -2.46. The van der Waals surface area contributed by atoms with Gasteiger partial charge in [0.15, 0.2) is 0 Å². The summed E-state index contributed by atoms with van der Waals surface area (Å²) in [7, 11) is 1.49. The van der Waals surface area contributed by atoms with E-state index in [1.165, 1.54) is 13.1 Å². The van der Waals surface area contributed by atoms with Gasteiger partial charge in [0.2, 0.25) is 0 Å². The number of carbonyl (C=O) groups excluding carboxylic acids is 1. The van der Waals surface area contributed by atoms with Gasteiger partial charge in [-0.25, -0.2) is 10.4 Å². The Morgan fingerprint density at radius 1 is 1.46 bits per heavy atom. The number of nitrogens with one attached hydrogen (secondary N) is 1. The zero-order valence-corrected chi connectivity index (χ0v) is 17.1. The van der Waals surface area contributed by atoms with Crippen LogP contribution in [0.2, 0.25) is 0 Å². The van der Waals surface area contributed by atoms with Crippen molar-refractivity contribution in [2.24, 2.45) is 5.92 Å². The van der Waals surface area contributed by atoms with E-state index in [0.717, 1.165) is 5.01 Å². The highest BCUT2D eigenvalue weighted by atomic mass is 127. The van der Waals surface area contributed by atoms with Crippen LogP contribution < -0.4 is 5.43 Å². The number of carbonyl (C=O) groups is 1. The van der Waals surface area contributed by atoms with Crippen LogP contribution in [0.1, 0.15) is 34.1 Å². The number of amides is 1. The highest BCUT2D eigenvalue weighted by Gasteiger charge is 2.43. The number of halogens is 5. The van der Waals surface area contributed by atoms with Crippen molar-refractivity contribution in [3.05, 3.63) is 34.0 Å². The molecule has 1 unspecified atom stereocenters. The molecular weight excluding hydrogens is 456 g/mol. The molecule has 136 valence electrons. The smallest absolute Gasteiger partial charge is 0.267 e. The summed E-state index contributed by atoms with van der Waals surface area (Å²) in [5.74, 6) is -1.19. The molecule has 0 saturated carbocycles. The van der Waals surface area contributed by atoms with E-state index in [1.807, 2.05) is 13.8 Å². The van der Waals surface area contributed by atoms with E-state index in [2.05, 4.69) is 28.0 Å². The molecule has 0 aromatic heterocycles. The number of hydrazine groups is 1. The van der Waals surface area contributed by atoms with Crippen LogP contribution in [0.4, 0.5) is 13.2 Å². The van der Waals surface area contributed by atoms with E-state index in [0.29, 0.717) is 5.70 Å². The fourth-order valence-corrected chi connectivity index (χ4v) is 3.59. The molecule has 0 spiro atoms. The van der Waals surface area contributed by atoms with E-state index in [1.54, 1.807) is 19.9 Å². The maximum absolute atomic E-state index is 13.4. The molecule has 0 bridgehead atoms. The molecular formula is C16H21ClF3IN2O. The predicted molar refractivity (Wildman–Crippen MR) is 98.6 cm³/mol. The first kappa shape index (κ1) is 21.5. The molecule has 8 heteroatoms. The summed E-state index contributed by atoms with van der Waals surface area (Å²) in [6, 6.07) is 0. The second-order valence-corrected chi connectivity index (χ2v) is 9.16. The Labute approximate surface area is 159 Å². The van der Waals surface area contributed by atoms with Crippen molar-refractivity contribution in [1.29, 1.82) is 0 Å². The van der Waals surface area contributed by atoms with Crippen molar-refractivity contribution < 1.29 is 18.0 Å². The van der Waals surface area contributed by atoms with E-state index in [9.17, 15) is 18.0 Å². The second kappa shape index (κ2) is 7.78. The van der Waals surface area contributed by atoms with Crippen LogP contribution in [-0.2, 0) is 4.79 Å². The molecule has 0 aliphatic heterocycles. The van der Waals surface area contributed by atoms with Crippen LogP contribution >= 0.6 is 34.2 Å². The van der Waals surface area contributed by atoms with Gasteiger partial charge in [-0.3, -0.25) is 4.79 Å². The second-order valence-electron chi connectivity index (χ2n) is 6.06. The first-order valence-electron chi connectivity index (χ1n) is 7.40. The van der Waals surface area contributed by atoms with Crippen molar-refractivity contribution in [2.75, 3.05) is 7.05 Å². The van der Waals surface area contributed by atoms with Gasteiger partial charge in [0.1, 0.15) is 0 Å². The summed E-state index contributed by atoms with van der Waals surface area (Å²) in [6.45, 7) is 7.09. The molecule has 1 rings (SSSR count). The average Bonchev–Trinajstić information content (AvgIpc) is 2.40. The Morgan fingerprint density at radius 2 is 2.00 bits per heavy atom. The largest absolute Gasteiger partial charge is 0.413 e. The Kier molecular flexibility index (Phi) is 6.97. The number of hydrogen-bond donors (Lipinski definition) is 1. The molecule has 3 nitrogen and oxygen atoms in total. The third-order valence-electron chi connectivity index (χ3n) is 3.60. The molecule has 0 aromatic rings. The lowest BCUT2D eigenvalue weighted by atomic mass is 9.89. The van der Waals surface area contributed by atoms with Gasteiger partial charge in [0.25, 0.3) is 5.91 Å². The van der Waals surface area contributed by atoms with Crippen molar-refractivity contribution in [3.63, 3.8) is 0 Å². The lowest BCUT2D eigenvalue weighted by Gasteiger charge is -2.34. The van der Waals surface area contributed by atoms with Crippen LogP contribution in [-0.4, -0.2) is 27.6 Å². The van der Waals surface area contributed by atoms with Gasteiger partial charge in [-0.1, -0.05) is 53.3 Å². The normalized spacial score (nSPS) is 20.2. The molecule has 1 amide bonds. The predicted octanol–water partition coefficient (Wildman–Crippen LogP) is 5.09. The number of alkyl halides is 4. The minimum atomic E-state index is -4.61. The SMILES string of the molecule is C/C=C(/N(NC)C(=O)C1=C(C(F)(F)F)CC(C)C=C1Cl)C(C)(C)I. The third-order valence-corrected chi connectivity index (χ3v) is 4.47. The fourth-order valence-electron chi connectivity index (χ4n) is 2.63. The minimum absolute atomic E-state index is 0.159. The van der Waals surface area contributed by atoms with E-state index in [-0.39, 0.29) is 17.4 Å². The van der Waals surface area contributed by atoms with Crippen LogP contribution in [0.3, 0.4) is 0 Å². The van der Waals surface area contributed by atoms with E-state index >= 15 is 0 Å². The number of allylic oxidation sites excluding steroid dienone is 4. The molecule has 0 fully saturated rings. The van der Waals surface area contributed by atoms with Gasteiger partial charge >= 0.3 is 6.18 Å². The molecule has 1 aliphatic rings. The highest BCUT2D eigenvalue weighted by molar-refractivity contribution is 14.1. The molecule has 0 radical (unpaired) electrons. The number of hydrogen-bond acceptors (Lipinski definition) is 2. The van der Waals surface area contributed by atoms with Gasteiger partial charge in [0, 0.05) is 23.4 Å². The highest BCUT2D eigenvalue weighted by Crippen LogP contribution is 2.42. The molecule has 0 saturated heterocycles. The van der Waals surface area contributed by atoms with Gasteiger partial charge in [-0.05, 0) is 33.1 Å². The summed E-state index contributed by atoms with van der Waals surface area (Å²) >= 11 is 8.17. The van der Waals surface area contributed by atoms with Crippen LogP contribution in [0.25, 0.3) is 0 Å². The van der Waals surface area contributed by atoms with E-state index < -0.39 is 26.7 Å². The average molecular weight is 477 g/mol. The lowest BCUT2D eigenvalue weighted by molar-refractivity contribution is -0.129.